The van der Waals surface area contributed by atoms with E-state index in [1.165, 1.54) is 11.6 Å². The van der Waals surface area contributed by atoms with Crippen molar-refractivity contribution in [2.75, 3.05) is 26.8 Å². The van der Waals surface area contributed by atoms with Crippen LogP contribution in [0.5, 0.6) is 5.75 Å². The van der Waals surface area contributed by atoms with Gasteiger partial charge in [-0.3, -0.25) is 0 Å². The molecule has 2 aromatic carbocycles. The fourth-order valence-corrected chi connectivity index (χ4v) is 3.15. The Morgan fingerprint density at radius 1 is 1.26 bits per heavy atom. The van der Waals surface area contributed by atoms with E-state index in [0.29, 0.717) is 13.0 Å². The highest BCUT2D eigenvalue weighted by Gasteiger charge is 2.27. The maximum Gasteiger partial charge on any atom is 0.123 e. The Balaban J connectivity index is 1.91. The second-order valence-electron chi connectivity index (χ2n) is 5.79. The molecular formula is C19H22FNO2. The van der Waals surface area contributed by atoms with E-state index in [1.54, 1.807) is 19.2 Å². The Bertz CT molecular complexity index is 627. The number of hydrogen-bond acceptors (Lipinski definition) is 3. The molecule has 0 aliphatic carbocycles. The summed E-state index contributed by atoms with van der Waals surface area (Å²) in [4.78, 5) is 0. The molecule has 0 amide bonds. The monoisotopic (exact) mass is 315 g/mol. The van der Waals surface area contributed by atoms with Crippen LogP contribution in [0.25, 0.3) is 0 Å². The lowest BCUT2D eigenvalue weighted by Crippen LogP contribution is -2.42. The Hall–Kier alpha value is -1.91. The minimum Gasteiger partial charge on any atom is -0.496 e. The fourth-order valence-electron chi connectivity index (χ4n) is 3.15. The summed E-state index contributed by atoms with van der Waals surface area (Å²) in [5.74, 6) is 0.631. The van der Waals surface area contributed by atoms with Crippen molar-refractivity contribution in [2.45, 2.75) is 18.4 Å². The predicted molar refractivity (Wildman–Crippen MR) is 88.4 cm³/mol. The number of halogens is 1. The lowest BCUT2D eigenvalue weighted by atomic mass is 9.86. The van der Waals surface area contributed by atoms with Gasteiger partial charge in [0.1, 0.15) is 11.6 Å². The standard InChI is InChI=1S/C19H22FNO2/c1-22-18-8-7-16(20)11-15(18)12-17(14-5-3-2-4-6-14)19-13-21-9-10-23-19/h2-8,11,17,19,21H,9-10,12-13H2,1H3/t17-,19+/m1/s1. The maximum atomic E-state index is 13.7. The molecular weight excluding hydrogens is 293 g/mol. The quantitative estimate of drug-likeness (QED) is 0.919. The first-order chi connectivity index (χ1) is 11.3. The fraction of sp³-hybridized carbons (Fsp3) is 0.368. The van der Waals surface area contributed by atoms with Crippen LogP contribution in [-0.4, -0.2) is 32.9 Å². The van der Waals surface area contributed by atoms with E-state index in [2.05, 4.69) is 17.4 Å². The number of benzene rings is 2. The van der Waals surface area contributed by atoms with Crippen LogP contribution in [0.4, 0.5) is 4.39 Å². The van der Waals surface area contributed by atoms with Crippen molar-refractivity contribution >= 4 is 0 Å². The average molecular weight is 315 g/mol. The van der Waals surface area contributed by atoms with E-state index in [-0.39, 0.29) is 17.8 Å². The van der Waals surface area contributed by atoms with Crippen molar-refractivity contribution < 1.29 is 13.9 Å². The molecule has 1 aliphatic rings. The van der Waals surface area contributed by atoms with Gasteiger partial charge in [-0.15, -0.1) is 0 Å². The highest BCUT2D eigenvalue weighted by Crippen LogP contribution is 2.31. The molecule has 0 bridgehead atoms. The molecule has 1 fully saturated rings. The van der Waals surface area contributed by atoms with E-state index in [0.717, 1.165) is 24.4 Å². The number of rotatable bonds is 5. The van der Waals surface area contributed by atoms with Crippen molar-refractivity contribution in [1.29, 1.82) is 0 Å². The first-order valence-electron chi connectivity index (χ1n) is 7.97. The number of ether oxygens (including phenoxy) is 2. The molecule has 0 unspecified atom stereocenters. The van der Waals surface area contributed by atoms with Crippen LogP contribution in [0.15, 0.2) is 48.5 Å². The van der Waals surface area contributed by atoms with E-state index in [4.69, 9.17) is 9.47 Å². The number of morpholine rings is 1. The summed E-state index contributed by atoms with van der Waals surface area (Å²) < 4.78 is 25.1. The zero-order chi connectivity index (χ0) is 16.1. The van der Waals surface area contributed by atoms with Gasteiger partial charge in [-0.1, -0.05) is 30.3 Å². The van der Waals surface area contributed by atoms with Crippen molar-refractivity contribution in [3.8, 4) is 5.75 Å². The molecule has 3 rings (SSSR count). The van der Waals surface area contributed by atoms with Gasteiger partial charge in [-0.2, -0.15) is 0 Å². The Morgan fingerprint density at radius 2 is 2.09 bits per heavy atom. The molecule has 0 saturated carbocycles. The molecule has 0 aromatic heterocycles. The van der Waals surface area contributed by atoms with Crippen LogP contribution in [0, 0.1) is 5.82 Å². The topological polar surface area (TPSA) is 30.5 Å². The van der Waals surface area contributed by atoms with Crippen LogP contribution in [0.1, 0.15) is 17.0 Å². The van der Waals surface area contributed by atoms with E-state index < -0.39 is 0 Å². The molecule has 0 radical (unpaired) electrons. The molecule has 1 heterocycles. The summed E-state index contributed by atoms with van der Waals surface area (Å²) in [6.07, 6.45) is 0.747. The van der Waals surface area contributed by atoms with Crippen LogP contribution in [0.3, 0.4) is 0 Å². The molecule has 0 spiro atoms. The first kappa shape index (κ1) is 16.0. The molecule has 1 N–H and O–H groups in total. The zero-order valence-electron chi connectivity index (χ0n) is 13.3. The third-order valence-electron chi connectivity index (χ3n) is 4.32. The van der Waals surface area contributed by atoms with E-state index in [9.17, 15) is 4.39 Å². The SMILES string of the molecule is COc1ccc(F)cc1C[C@H](c1ccccc1)[C@@H]1CNCCO1. The predicted octanol–water partition coefficient (Wildman–Crippen LogP) is 3.15. The normalized spacial score (nSPS) is 19.3. The van der Waals surface area contributed by atoms with Gasteiger partial charge in [-0.05, 0) is 35.7 Å². The highest BCUT2D eigenvalue weighted by molar-refractivity contribution is 5.36. The van der Waals surface area contributed by atoms with Gasteiger partial charge in [0.15, 0.2) is 0 Å². The summed E-state index contributed by atoms with van der Waals surface area (Å²) in [5, 5.41) is 3.38. The minimum absolute atomic E-state index is 0.0686. The van der Waals surface area contributed by atoms with Gasteiger partial charge in [0, 0.05) is 19.0 Å². The summed E-state index contributed by atoms with van der Waals surface area (Å²) in [7, 11) is 1.62. The average Bonchev–Trinajstić information content (AvgIpc) is 2.61. The third kappa shape index (κ3) is 3.89. The number of methoxy groups -OCH3 is 1. The van der Waals surface area contributed by atoms with Crippen LogP contribution < -0.4 is 10.1 Å². The largest absolute Gasteiger partial charge is 0.496 e. The third-order valence-corrected chi connectivity index (χ3v) is 4.32. The number of nitrogens with one attached hydrogen (secondary N) is 1. The molecule has 1 aliphatic heterocycles. The molecule has 2 atom stereocenters. The lowest BCUT2D eigenvalue weighted by Gasteiger charge is -2.32. The molecule has 2 aromatic rings. The molecule has 23 heavy (non-hydrogen) atoms. The van der Waals surface area contributed by atoms with E-state index in [1.807, 2.05) is 18.2 Å². The van der Waals surface area contributed by atoms with Crippen molar-refractivity contribution in [1.82, 2.24) is 5.32 Å². The van der Waals surface area contributed by atoms with Crippen molar-refractivity contribution in [3.63, 3.8) is 0 Å². The van der Waals surface area contributed by atoms with Gasteiger partial charge in [0.2, 0.25) is 0 Å². The van der Waals surface area contributed by atoms with Gasteiger partial charge >= 0.3 is 0 Å². The van der Waals surface area contributed by atoms with Gasteiger partial charge in [0.25, 0.3) is 0 Å². The molecule has 4 heteroatoms. The van der Waals surface area contributed by atoms with Crippen molar-refractivity contribution in [2.24, 2.45) is 0 Å². The van der Waals surface area contributed by atoms with Gasteiger partial charge in [0.05, 0.1) is 19.8 Å². The molecule has 122 valence electrons. The summed E-state index contributed by atoms with van der Waals surface area (Å²) in [6.45, 7) is 2.38. The van der Waals surface area contributed by atoms with Crippen LogP contribution in [-0.2, 0) is 11.2 Å². The second kappa shape index (κ2) is 7.57. The molecule has 3 nitrogen and oxygen atoms in total. The summed E-state index contributed by atoms with van der Waals surface area (Å²) >= 11 is 0. The Kier molecular flexibility index (Phi) is 5.26. The highest BCUT2D eigenvalue weighted by atomic mass is 19.1. The smallest absolute Gasteiger partial charge is 0.123 e. The maximum absolute atomic E-state index is 13.7. The Labute approximate surface area is 136 Å². The minimum atomic E-state index is -0.240. The summed E-state index contributed by atoms with van der Waals surface area (Å²) in [5.41, 5.74) is 2.07. The van der Waals surface area contributed by atoms with Gasteiger partial charge in [-0.25, -0.2) is 4.39 Å². The van der Waals surface area contributed by atoms with Crippen LogP contribution >= 0.6 is 0 Å². The second-order valence-corrected chi connectivity index (χ2v) is 5.79. The Morgan fingerprint density at radius 3 is 2.78 bits per heavy atom. The molecule has 1 saturated heterocycles. The zero-order valence-corrected chi connectivity index (χ0v) is 13.3. The van der Waals surface area contributed by atoms with Gasteiger partial charge < -0.3 is 14.8 Å². The number of hydrogen-bond donors (Lipinski definition) is 1. The van der Waals surface area contributed by atoms with Crippen LogP contribution in [0.2, 0.25) is 0 Å². The van der Waals surface area contributed by atoms with E-state index >= 15 is 0 Å². The first-order valence-corrected chi connectivity index (χ1v) is 7.97. The van der Waals surface area contributed by atoms with Crippen molar-refractivity contribution in [3.05, 3.63) is 65.5 Å². The lowest BCUT2D eigenvalue weighted by molar-refractivity contribution is 0.0109. The summed E-state index contributed by atoms with van der Waals surface area (Å²) in [6, 6.07) is 14.9.